The highest BCUT2D eigenvalue weighted by molar-refractivity contribution is 7.80. The van der Waals surface area contributed by atoms with Crippen molar-refractivity contribution in [2.45, 2.75) is 63.9 Å². The van der Waals surface area contributed by atoms with E-state index in [2.05, 4.69) is 12.6 Å². The molecule has 0 saturated heterocycles. The maximum absolute atomic E-state index is 5.88. The molecule has 0 aromatic carbocycles. The zero-order chi connectivity index (χ0) is 10.1. The number of hydrogen-bond donors (Lipinski definition) is 1. The second kappa shape index (κ2) is 8.60. The van der Waals surface area contributed by atoms with Gasteiger partial charge in [-0.05, 0) is 31.4 Å². The molecule has 0 aliphatic heterocycles. The van der Waals surface area contributed by atoms with E-state index in [0.717, 1.165) is 12.4 Å². The Balaban J connectivity index is 1.93. The van der Waals surface area contributed by atoms with Crippen LogP contribution in [-0.2, 0) is 4.74 Å². The van der Waals surface area contributed by atoms with Crippen molar-refractivity contribution in [1.82, 2.24) is 0 Å². The number of thiol groups is 1. The van der Waals surface area contributed by atoms with Gasteiger partial charge in [0.05, 0.1) is 6.10 Å². The van der Waals surface area contributed by atoms with Gasteiger partial charge in [-0.15, -0.1) is 0 Å². The summed E-state index contributed by atoms with van der Waals surface area (Å²) in [5.41, 5.74) is 0. The van der Waals surface area contributed by atoms with Gasteiger partial charge in [0.15, 0.2) is 0 Å². The molecule has 0 aromatic rings. The average Bonchev–Trinajstić information content (AvgIpc) is 2.46. The van der Waals surface area contributed by atoms with Gasteiger partial charge in [-0.25, -0.2) is 0 Å². The van der Waals surface area contributed by atoms with E-state index < -0.39 is 0 Å². The first-order chi connectivity index (χ1) is 6.93. The van der Waals surface area contributed by atoms with Crippen LogP contribution in [0.5, 0.6) is 0 Å². The lowest BCUT2D eigenvalue weighted by atomic mass is 10.1. The Morgan fingerprint density at radius 1 is 0.929 bits per heavy atom. The number of rotatable bonds is 6. The van der Waals surface area contributed by atoms with Crippen LogP contribution in [0.4, 0.5) is 0 Å². The van der Waals surface area contributed by atoms with Gasteiger partial charge in [-0.3, -0.25) is 0 Å². The monoisotopic (exact) mass is 216 g/mol. The molecule has 1 aliphatic rings. The summed E-state index contributed by atoms with van der Waals surface area (Å²) in [5, 5.41) is 0. The van der Waals surface area contributed by atoms with E-state index in [1.807, 2.05) is 0 Å². The van der Waals surface area contributed by atoms with Crippen LogP contribution < -0.4 is 0 Å². The van der Waals surface area contributed by atoms with Crippen molar-refractivity contribution in [1.29, 1.82) is 0 Å². The van der Waals surface area contributed by atoms with Crippen LogP contribution in [-0.4, -0.2) is 18.5 Å². The summed E-state index contributed by atoms with van der Waals surface area (Å²) in [6, 6.07) is 0. The van der Waals surface area contributed by atoms with E-state index >= 15 is 0 Å². The van der Waals surface area contributed by atoms with Crippen LogP contribution in [0.25, 0.3) is 0 Å². The van der Waals surface area contributed by atoms with Gasteiger partial charge in [-0.2, -0.15) is 12.6 Å². The molecule has 1 aliphatic carbocycles. The number of hydrogen-bond acceptors (Lipinski definition) is 2. The predicted molar refractivity (Wildman–Crippen MR) is 65.1 cm³/mol. The van der Waals surface area contributed by atoms with E-state index in [-0.39, 0.29) is 0 Å². The summed E-state index contributed by atoms with van der Waals surface area (Å²) >= 11 is 4.20. The lowest BCUT2D eigenvalue weighted by Gasteiger charge is -2.14. The highest BCUT2D eigenvalue weighted by Gasteiger charge is 2.11. The Labute approximate surface area is 94.0 Å². The minimum Gasteiger partial charge on any atom is -0.378 e. The van der Waals surface area contributed by atoms with E-state index in [1.54, 1.807) is 0 Å². The number of unbranched alkanes of at least 4 members (excludes halogenated alkanes) is 2. The second-order valence-corrected chi connectivity index (χ2v) is 4.72. The fourth-order valence-corrected chi connectivity index (χ4v) is 2.27. The molecule has 1 rings (SSSR count). The highest BCUT2D eigenvalue weighted by atomic mass is 32.1. The van der Waals surface area contributed by atoms with E-state index in [9.17, 15) is 0 Å². The molecule has 0 bridgehead atoms. The third-order valence-electron chi connectivity index (χ3n) is 2.96. The largest absolute Gasteiger partial charge is 0.378 e. The lowest BCUT2D eigenvalue weighted by molar-refractivity contribution is 0.0410. The molecule has 2 heteroatoms. The predicted octanol–water partition coefficient (Wildman–Crippen LogP) is 3.83. The maximum atomic E-state index is 5.88. The molecule has 0 spiro atoms. The van der Waals surface area contributed by atoms with Gasteiger partial charge in [0.25, 0.3) is 0 Å². The Kier molecular flexibility index (Phi) is 7.61. The van der Waals surface area contributed by atoms with Crippen molar-refractivity contribution < 1.29 is 4.74 Å². The molecule has 1 fully saturated rings. The molecule has 0 unspecified atom stereocenters. The summed E-state index contributed by atoms with van der Waals surface area (Å²) in [6.45, 7) is 0.971. The topological polar surface area (TPSA) is 9.23 Å². The van der Waals surface area contributed by atoms with Gasteiger partial charge in [0, 0.05) is 6.61 Å². The SMILES string of the molecule is SCCCCCOC1CCCCCC1. The Bertz CT molecular complexity index is 119. The van der Waals surface area contributed by atoms with E-state index in [4.69, 9.17) is 4.74 Å². The third-order valence-corrected chi connectivity index (χ3v) is 3.27. The fourth-order valence-electron chi connectivity index (χ4n) is 2.05. The zero-order valence-corrected chi connectivity index (χ0v) is 10.1. The number of ether oxygens (including phenoxy) is 1. The van der Waals surface area contributed by atoms with Crippen molar-refractivity contribution in [3.63, 3.8) is 0 Å². The third kappa shape index (κ3) is 5.92. The van der Waals surface area contributed by atoms with Crippen LogP contribution in [0.15, 0.2) is 0 Å². The summed E-state index contributed by atoms with van der Waals surface area (Å²) in [5.74, 6) is 1.02. The first kappa shape index (κ1) is 12.4. The normalized spacial score (nSPS) is 19.5. The molecule has 1 nitrogen and oxygen atoms in total. The Morgan fingerprint density at radius 2 is 1.64 bits per heavy atom. The molecule has 84 valence electrons. The summed E-state index contributed by atoms with van der Waals surface area (Å²) in [6.07, 6.45) is 12.5. The molecule has 0 heterocycles. The van der Waals surface area contributed by atoms with Gasteiger partial charge < -0.3 is 4.74 Å². The van der Waals surface area contributed by atoms with Crippen LogP contribution >= 0.6 is 12.6 Å². The molecular weight excluding hydrogens is 192 g/mol. The van der Waals surface area contributed by atoms with Crippen LogP contribution in [0, 0.1) is 0 Å². The first-order valence-corrected chi connectivity index (χ1v) is 6.79. The van der Waals surface area contributed by atoms with Crippen molar-refractivity contribution in [2.75, 3.05) is 12.4 Å². The second-order valence-electron chi connectivity index (χ2n) is 4.27. The van der Waals surface area contributed by atoms with Crippen LogP contribution in [0.1, 0.15) is 57.8 Å². The quantitative estimate of drug-likeness (QED) is 0.403. The minimum absolute atomic E-state index is 0.577. The summed E-state index contributed by atoms with van der Waals surface area (Å²) < 4.78 is 5.88. The van der Waals surface area contributed by atoms with Crippen molar-refractivity contribution in [2.24, 2.45) is 0 Å². The summed E-state index contributed by atoms with van der Waals surface area (Å²) in [4.78, 5) is 0. The molecular formula is C12H24OS. The molecule has 0 N–H and O–H groups in total. The first-order valence-electron chi connectivity index (χ1n) is 6.16. The lowest BCUT2D eigenvalue weighted by Crippen LogP contribution is -2.12. The van der Waals surface area contributed by atoms with Crippen LogP contribution in [0.2, 0.25) is 0 Å². The molecule has 0 radical (unpaired) electrons. The smallest absolute Gasteiger partial charge is 0.0575 e. The Morgan fingerprint density at radius 3 is 2.29 bits per heavy atom. The van der Waals surface area contributed by atoms with E-state index in [0.29, 0.717) is 6.10 Å². The average molecular weight is 216 g/mol. The maximum Gasteiger partial charge on any atom is 0.0575 e. The van der Waals surface area contributed by atoms with Crippen LogP contribution in [0.3, 0.4) is 0 Å². The molecule has 0 atom stereocenters. The van der Waals surface area contributed by atoms with Gasteiger partial charge in [-0.1, -0.05) is 32.1 Å². The van der Waals surface area contributed by atoms with Gasteiger partial charge in [0.1, 0.15) is 0 Å². The molecule has 14 heavy (non-hydrogen) atoms. The van der Waals surface area contributed by atoms with Gasteiger partial charge in [0.2, 0.25) is 0 Å². The zero-order valence-electron chi connectivity index (χ0n) is 9.21. The summed E-state index contributed by atoms with van der Waals surface area (Å²) in [7, 11) is 0. The molecule has 1 saturated carbocycles. The van der Waals surface area contributed by atoms with E-state index in [1.165, 1.54) is 57.8 Å². The highest BCUT2D eigenvalue weighted by Crippen LogP contribution is 2.19. The van der Waals surface area contributed by atoms with Crippen molar-refractivity contribution in [3.8, 4) is 0 Å². The minimum atomic E-state index is 0.577. The van der Waals surface area contributed by atoms with Crippen molar-refractivity contribution in [3.05, 3.63) is 0 Å². The van der Waals surface area contributed by atoms with Gasteiger partial charge >= 0.3 is 0 Å². The standard InChI is InChI=1S/C12H24OS/c14-11-7-3-6-10-13-12-8-4-1-2-5-9-12/h12,14H,1-11H2. The van der Waals surface area contributed by atoms with Crippen molar-refractivity contribution >= 4 is 12.6 Å². The molecule has 0 aromatic heterocycles. The molecule has 0 amide bonds. The fraction of sp³-hybridized carbons (Fsp3) is 1.00. The Hall–Kier alpha value is 0.310.